The molecule has 0 fully saturated rings. The molecule has 2 heterocycles. The fourth-order valence-electron chi connectivity index (χ4n) is 3.89. The number of hydrogen-bond donors (Lipinski definition) is 0. The van der Waals surface area contributed by atoms with Gasteiger partial charge in [0, 0.05) is 38.7 Å². The van der Waals surface area contributed by atoms with Gasteiger partial charge in [0.2, 0.25) is 0 Å². The highest BCUT2D eigenvalue weighted by molar-refractivity contribution is 5.33. The molecule has 1 aliphatic carbocycles. The van der Waals surface area contributed by atoms with Crippen LogP contribution < -0.4 is 5.56 Å². The summed E-state index contributed by atoms with van der Waals surface area (Å²) in [5.74, 6) is 0. The molecule has 1 atom stereocenters. The van der Waals surface area contributed by atoms with Gasteiger partial charge >= 0.3 is 0 Å². The zero-order chi connectivity index (χ0) is 15.1. The highest BCUT2D eigenvalue weighted by Crippen LogP contribution is 2.36. The summed E-state index contributed by atoms with van der Waals surface area (Å²) in [5.41, 5.74) is 5.16. The van der Waals surface area contributed by atoms with Gasteiger partial charge in [-0.2, -0.15) is 5.10 Å². The third-order valence-electron chi connectivity index (χ3n) is 5.05. The molecule has 1 aliphatic heterocycles. The van der Waals surface area contributed by atoms with E-state index in [2.05, 4.69) is 34.3 Å². The van der Waals surface area contributed by atoms with Crippen molar-refractivity contribution in [1.82, 2.24) is 14.7 Å². The van der Waals surface area contributed by atoms with Crippen molar-refractivity contribution in [2.24, 2.45) is 7.05 Å². The first-order chi connectivity index (χ1) is 10.7. The SMILES string of the molecule is Cn1nc2c(cc1=O)CN([C@H]1CCCc3ccccc31)CC2. The van der Waals surface area contributed by atoms with E-state index in [9.17, 15) is 4.79 Å². The number of nitrogens with zero attached hydrogens (tertiary/aromatic N) is 3. The average Bonchev–Trinajstić information content (AvgIpc) is 2.55. The van der Waals surface area contributed by atoms with E-state index >= 15 is 0 Å². The fourth-order valence-corrected chi connectivity index (χ4v) is 3.89. The van der Waals surface area contributed by atoms with Crippen LogP contribution in [0.4, 0.5) is 0 Å². The summed E-state index contributed by atoms with van der Waals surface area (Å²) < 4.78 is 1.45. The van der Waals surface area contributed by atoms with Crippen molar-refractivity contribution < 1.29 is 0 Å². The average molecular weight is 295 g/mol. The summed E-state index contributed by atoms with van der Waals surface area (Å²) in [5, 5.41) is 4.41. The summed E-state index contributed by atoms with van der Waals surface area (Å²) in [6.07, 6.45) is 4.59. The van der Waals surface area contributed by atoms with Gasteiger partial charge in [-0.15, -0.1) is 0 Å². The first kappa shape index (κ1) is 13.7. The number of rotatable bonds is 1. The summed E-state index contributed by atoms with van der Waals surface area (Å²) in [6, 6.07) is 11.1. The molecule has 0 saturated carbocycles. The van der Waals surface area contributed by atoms with E-state index in [1.807, 2.05) is 0 Å². The minimum atomic E-state index is -0.00959. The van der Waals surface area contributed by atoms with Crippen molar-refractivity contribution in [1.29, 1.82) is 0 Å². The quantitative estimate of drug-likeness (QED) is 0.809. The van der Waals surface area contributed by atoms with Crippen LogP contribution in [0.3, 0.4) is 0 Å². The number of hydrogen-bond acceptors (Lipinski definition) is 3. The molecule has 4 heteroatoms. The van der Waals surface area contributed by atoms with Crippen LogP contribution in [0, 0.1) is 0 Å². The maximum atomic E-state index is 11.9. The second-order valence-corrected chi connectivity index (χ2v) is 6.41. The van der Waals surface area contributed by atoms with E-state index in [1.165, 1.54) is 35.1 Å². The molecule has 4 nitrogen and oxygen atoms in total. The van der Waals surface area contributed by atoms with Gasteiger partial charge in [-0.05, 0) is 36.0 Å². The molecule has 2 aromatic rings. The topological polar surface area (TPSA) is 38.1 Å². The van der Waals surface area contributed by atoms with E-state index < -0.39 is 0 Å². The van der Waals surface area contributed by atoms with Gasteiger partial charge in [0.05, 0.1) is 5.69 Å². The van der Waals surface area contributed by atoms with Gasteiger partial charge in [-0.25, -0.2) is 4.68 Å². The van der Waals surface area contributed by atoms with Gasteiger partial charge < -0.3 is 0 Å². The molecule has 0 spiro atoms. The Morgan fingerprint density at radius 1 is 1.18 bits per heavy atom. The zero-order valence-corrected chi connectivity index (χ0v) is 13.0. The molecule has 1 aromatic carbocycles. The summed E-state index contributed by atoms with van der Waals surface area (Å²) >= 11 is 0. The second kappa shape index (κ2) is 5.36. The third kappa shape index (κ3) is 2.28. The maximum absolute atomic E-state index is 11.9. The van der Waals surface area contributed by atoms with Crippen molar-refractivity contribution in [2.75, 3.05) is 6.54 Å². The number of aromatic nitrogens is 2. The first-order valence-corrected chi connectivity index (χ1v) is 8.10. The van der Waals surface area contributed by atoms with Gasteiger partial charge in [0.15, 0.2) is 0 Å². The Morgan fingerprint density at radius 2 is 2.05 bits per heavy atom. The van der Waals surface area contributed by atoms with Crippen LogP contribution in [0.2, 0.25) is 0 Å². The smallest absolute Gasteiger partial charge is 0.266 e. The highest BCUT2D eigenvalue weighted by atomic mass is 16.1. The lowest BCUT2D eigenvalue weighted by molar-refractivity contribution is 0.159. The van der Waals surface area contributed by atoms with Crippen molar-refractivity contribution in [3.8, 4) is 0 Å². The van der Waals surface area contributed by atoms with E-state index in [0.29, 0.717) is 6.04 Å². The van der Waals surface area contributed by atoms with Crippen LogP contribution in [0.15, 0.2) is 35.1 Å². The maximum Gasteiger partial charge on any atom is 0.266 e. The molecule has 0 saturated heterocycles. The molecule has 114 valence electrons. The zero-order valence-electron chi connectivity index (χ0n) is 13.0. The van der Waals surface area contributed by atoms with Crippen LogP contribution >= 0.6 is 0 Å². The lowest BCUT2D eigenvalue weighted by Gasteiger charge is -2.38. The molecule has 0 radical (unpaired) electrons. The molecule has 22 heavy (non-hydrogen) atoms. The fraction of sp³-hybridized carbons (Fsp3) is 0.444. The normalized spacial score (nSPS) is 21.2. The van der Waals surface area contributed by atoms with E-state index in [0.717, 1.165) is 30.8 Å². The van der Waals surface area contributed by atoms with E-state index in [1.54, 1.807) is 13.1 Å². The number of aryl methyl sites for hydroxylation is 2. The number of fused-ring (bicyclic) bond motifs is 2. The lowest BCUT2D eigenvalue weighted by atomic mass is 9.86. The van der Waals surface area contributed by atoms with Crippen LogP contribution in [0.1, 0.15) is 41.3 Å². The van der Waals surface area contributed by atoms with Crippen molar-refractivity contribution in [2.45, 2.75) is 38.3 Å². The summed E-state index contributed by atoms with van der Waals surface area (Å²) in [6.45, 7) is 1.87. The van der Waals surface area contributed by atoms with Crippen molar-refractivity contribution in [3.63, 3.8) is 0 Å². The van der Waals surface area contributed by atoms with Gasteiger partial charge in [-0.3, -0.25) is 9.69 Å². The summed E-state index contributed by atoms with van der Waals surface area (Å²) in [7, 11) is 1.73. The minimum absolute atomic E-state index is 0.00959. The number of benzene rings is 1. The molecule has 0 bridgehead atoms. The minimum Gasteiger partial charge on any atom is -0.292 e. The Hall–Kier alpha value is -1.94. The summed E-state index contributed by atoms with van der Waals surface area (Å²) in [4.78, 5) is 14.4. The Balaban J connectivity index is 1.66. The van der Waals surface area contributed by atoms with Gasteiger partial charge in [0.1, 0.15) is 0 Å². The highest BCUT2D eigenvalue weighted by Gasteiger charge is 2.29. The molecule has 4 rings (SSSR count). The Morgan fingerprint density at radius 3 is 2.95 bits per heavy atom. The molecule has 0 amide bonds. The monoisotopic (exact) mass is 295 g/mol. The second-order valence-electron chi connectivity index (χ2n) is 6.41. The van der Waals surface area contributed by atoms with Crippen LogP contribution in [-0.4, -0.2) is 21.2 Å². The van der Waals surface area contributed by atoms with Crippen LogP contribution in [0.25, 0.3) is 0 Å². The molecule has 2 aliphatic rings. The van der Waals surface area contributed by atoms with Crippen LogP contribution in [-0.2, 0) is 26.4 Å². The van der Waals surface area contributed by atoms with Crippen LogP contribution in [0.5, 0.6) is 0 Å². The van der Waals surface area contributed by atoms with Gasteiger partial charge in [-0.1, -0.05) is 24.3 Å². The molecular weight excluding hydrogens is 274 g/mol. The lowest BCUT2D eigenvalue weighted by Crippen LogP contribution is -2.38. The molecular formula is C18H21N3O. The predicted octanol–water partition coefficient (Wildman–Crippen LogP) is 2.22. The predicted molar refractivity (Wildman–Crippen MR) is 85.7 cm³/mol. The molecule has 0 N–H and O–H groups in total. The van der Waals surface area contributed by atoms with Gasteiger partial charge in [0.25, 0.3) is 5.56 Å². The van der Waals surface area contributed by atoms with E-state index in [4.69, 9.17) is 0 Å². The molecule has 1 aromatic heterocycles. The first-order valence-electron chi connectivity index (χ1n) is 8.10. The Kier molecular flexibility index (Phi) is 3.34. The Labute approximate surface area is 130 Å². The third-order valence-corrected chi connectivity index (χ3v) is 5.05. The standard InChI is InChI=1S/C18H21N3O/c1-20-18(22)11-14-12-21(10-9-16(14)19-20)17-8-4-6-13-5-2-3-7-15(13)17/h2-3,5,7,11,17H,4,6,8-10,12H2,1H3/t17-/m0/s1. The van der Waals surface area contributed by atoms with Crippen molar-refractivity contribution in [3.05, 3.63) is 63.1 Å². The molecule has 0 unspecified atom stereocenters. The van der Waals surface area contributed by atoms with Crippen molar-refractivity contribution >= 4 is 0 Å². The largest absolute Gasteiger partial charge is 0.292 e. The van der Waals surface area contributed by atoms with E-state index in [-0.39, 0.29) is 5.56 Å². The Bertz CT molecular complexity index is 765.